The predicted octanol–water partition coefficient (Wildman–Crippen LogP) is 4.48. The third-order valence-corrected chi connectivity index (χ3v) is 8.90. The highest BCUT2D eigenvalue weighted by molar-refractivity contribution is 7.90. The summed E-state index contributed by atoms with van der Waals surface area (Å²) in [6.45, 7) is 10.6. The highest BCUT2D eigenvalue weighted by Crippen LogP contribution is 2.36. The second-order valence-electron chi connectivity index (χ2n) is 11.3. The zero-order valence-electron chi connectivity index (χ0n) is 25.3. The topological polar surface area (TPSA) is 118 Å². The van der Waals surface area contributed by atoms with E-state index < -0.39 is 61.1 Å². The van der Waals surface area contributed by atoms with E-state index in [1.807, 2.05) is 13.8 Å². The summed E-state index contributed by atoms with van der Waals surface area (Å²) in [5.41, 5.74) is -0.567. The molecule has 14 heteroatoms. The number of carbonyl (C=O) groups excluding carboxylic acids is 1. The molecule has 1 atom stereocenters. The van der Waals surface area contributed by atoms with E-state index in [4.69, 9.17) is 0 Å². The van der Waals surface area contributed by atoms with Gasteiger partial charge in [0.25, 0.3) is 5.91 Å². The molecule has 3 aromatic heterocycles. The standard InChI is InChI=1S/C31H31F3N6O4S/c1-16(2)25-27(17(3)10-11-35-25)40-29-20(14-22(34)26(36-29)24-21(33)8-7-9-23(24)45(6,43)44)28(37-31(40)42)39-13-12-38(15-18(39)4)30(41)19(5)32/h7-11,14,16,18H,5,12-13,15H2,1-4,6H3/t18-/m0/s1. The highest BCUT2D eigenvalue weighted by Gasteiger charge is 2.32. The van der Waals surface area contributed by atoms with Crippen molar-refractivity contribution in [3.8, 4) is 16.9 Å². The first kappa shape index (κ1) is 31.8. The molecular formula is C31H31F3N6O4S. The van der Waals surface area contributed by atoms with E-state index >= 15 is 8.78 Å². The van der Waals surface area contributed by atoms with Crippen LogP contribution in [0.1, 0.15) is 37.9 Å². The van der Waals surface area contributed by atoms with Gasteiger partial charge >= 0.3 is 5.69 Å². The van der Waals surface area contributed by atoms with E-state index in [2.05, 4.69) is 21.5 Å². The molecule has 1 aliphatic rings. The van der Waals surface area contributed by atoms with Crippen LogP contribution in [0.25, 0.3) is 28.0 Å². The minimum Gasteiger partial charge on any atom is -0.350 e. The number of piperazine rings is 1. The molecule has 0 spiro atoms. The van der Waals surface area contributed by atoms with Crippen LogP contribution in [0.2, 0.25) is 0 Å². The SMILES string of the molecule is C=C(F)C(=O)N1CCN(c2nc(=O)n(-c3c(C)ccnc3C(C)C)c3nc(-c4c(F)cccc4S(C)(=O)=O)c(F)cc23)[C@@H](C)C1. The Balaban J connectivity index is 1.85. The number of rotatable bonds is 6. The average molecular weight is 641 g/mol. The molecule has 0 unspecified atom stereocenters. The van der Waals surface area contributed by atoms with Crippen molar-refractivity contribution in [3.05, 3.63) is 82.3 Å². The van der Waals surface area contributed by atoms with Gasteiger partial charge in [0, 0.05) is 38.1 Å². The molecule has 236 valence electrons. The molecule has 10 nitrogen and oxygen atoms in total. The van der Waals surface area contributed by atoms with E-state index in [0.717, 1.165) is 24.5 Å². The number of anilines is 1. The number of aromatic nitrogens is 4. The molecule has 1 amide bonds. The summed E-state index contributed by atoms with van der Waals surface area (Å²) < 4.78 is 71.4. The third kappa shape index (κ3) is 5.70. The fourth-order valence-corrected chi connectivity index (χ4v) is 6.55. The number of nitrogens with zero attached hydrogens (tertiary/aromatic N) is 6. The molecule has 0 aliphatic carbocycles. The van der Waals surface area contributed by atoms with Gasteiger partial charge < -0.3 is 9.80 Å². The zero-order chi connectivity index (χ0) is 33.0. The van der Waals surface area contributed by atoms with Gasteiger partial charge in [0.05, 0.1) is 27.2 Å². The maximum atomic E-state index is 16.1. The van der Waals surface area contributed by atoms with Crippen molar-refractivity contribution in [2.75, 3.05) is 30.8 Å². The van der Waals surface area contributed by atoms with E-state index in [1.54, 1.807) is 31.0 Å². The third-order valence-electron chi connectivity index (χ3n) is 7.76. The van der Waals surface area contributed by atoms with Crippen molar-refractivity contribution < 1.29 is 26.4 Å². The van der Waals surface area contributed by atoms with Crippen LogP contribution in [0.3, 0.4) is 0 Å². The molecule has 0 bridgehead atoms. The Morgan fingerprint density at radius 1 is 1.11 bits per heavy atom. The summed E-state index contributed by atoms with van der Waals surface area (Å²) in [7, 11) is -4.03. The smallest absolute Gasteiger partial charge is 0.350 e. The number of pyridine rings is 2. The van der Waals surface area contributed by atoms with Crippen LogP contribution in [0.15, 0.2) is 58.6 Å². The monoisotopic (exact) mass is 640 g/mol. The van der Waals surface area contributed by atoms with Gasteiger partial charge in [-0.15, -0.1) is 0 Å². The molecule has 1 saturated heterocycles. The maximum absolute atomic E-state index is 16.1. The van der Waals surface area contributed by atoms with Gasteiger partial charge in [-0.1, -0.05) is 26.5 Å². The Hall–Kier alpha value is -4.59. The van der Waals surface area contributed by atoms with Gasteiger partial charge in [-0.2, -0.15) is 4.98 Å². The molecule has 1 aromatic carbocycles. The van der Waals surface area contributed by atoms with Crippen molar-refractivity contribution in [1.82, 2.24) is 24.4 Å². The predicted molar refractivity (Wildman–Crippen MR) is 164 cm³/mol. The van der Waals surface area contributed by atoms with Gasteiger partial charge in [-0.05, 0) is 49.6 Å². The number of hydrogen-bond donors (Lipinski definition) is 0. The van der Waals surface area contributed by atoms with Crippen LogP contribution in [-0.4, -0.2) is 70.7 Å². The summed E-state index contributed by atoms with van der Waals surface area (Å²) in [6.07, 6.45) is 2.47. The Morgan fingerprint density at radius 2 is 1.82 bits per heavy atom. The minimum atomic E-state index is -4.03. The first-order valence-electron chi connectivity index (χ1n) is 14.1. The first-order valence-corrected chi connectivity index (χ1v) is 16.0. The average Bonchev–Trinajstić information content (AvgIpc) is 2.96. The summed E-state index contributed by atoms with van der Waals surface area (Å²) in [5.74, 6) is -4.14. The number of halogens is 3. The number of carbonyl (C=O) groups is 1. The minimum absolute atomic E-state index is 0.0485. The fourth-order valence-electron chi connectivity index (χ4n) is 5.66. The molecule has 0 saturated carbocycles. The van der Waals surface area contributed by atoms with Crippen LogP contribution < -0.4 is 10.6 Å². The molecule has 0 radical (unpaired) electrons. The normalized spacial score (nSPS) is 15.6. The maximum Gasteiger partial charge on any atom is 0.355 e. The summed E-state index contributed by atoms with van der Waals surface area (Å²) in [6, 6.07) is 5.59. The molecule has 1 fully saturated rings. The van der Waals surface area contributed by atoms with Crippen LogP contribution in [-0.2, 0) is 14.6 Å². The Kier molecular flexibility index (Phi) is 8.29. The van der Waals surface area contributed by atoms with Crippen LogP contribution in [0.5, 0.6) is 0 Å². The second-order valence-corrected chi connectivity index (χ2v) is 13.3. The number of amides is 1. The van der Waals surface area contributed by atoms with Crippen LogP contribution in [0, 0.1) is 18.6 Å². The van der Waals surface area contributed by atoms with Gasteiger partial charge in [0.1, 0.15) is 17.3 Å². The van der Waals surface area contributed by atoms with Gasteiger partial charge in [-0.3, -0.25) is 9.78 Å². The number of sulfone groups is 1. The summed E-state index contributed by atoms with van der Waals surface area (Å²) in [4.78, 5) is 42.0. The largest absolute Gasteiger partial charge is 0.355 e. The molecule has 5 rings (SSSR count). The van der Waals surface area contributed by atoms with Crippen molar-refractivity contribution in [2.45, 2.75) is 44.6 Å². The number of hydrogen-bond acceptors (Lipinski definition) is 8. The van der Waals surface area contributed by atoms with Crippen molar-refractivity contribution >= 4 is 32.6 Å². The van der Waals surface area contributed by atoms with Crippen LogP contribution in [0.4, 0.5) is 19.0 Å². The summed E-state index contributed by atoms with van der Waals surface area (Å²) >= 11 is 0. The molecule has 4 heterocycles. The van der Waals surface area contributed by atoms with E-state index in [1.165, 1.54) is 15.5 Å². The lowest BCUT2D eigenvalue weighted by molar-refractivity contribution is -0.129. The zero-order valence-corrected chi connectivity index (χ0v) is 26.1. The fraction of sp³-hybridized carbons (Fsp3) is 0.323. The van der Waals surface area contributed by atoms with E-state index in [9.17, 15) is 22.4 Å². The van der Waals surface area contributed by atoms with Gasteiger partial charge in [0.2, 0.25) is 0 Å². The summed E-state index contributed by atoms with van der Waals surface area (Å²) in [5, 5.41) is 0.0765. The lowest BCUT2D eigenvalue weighted by Crippen LogP contribution is -2.54. The Bertz CT molecular complexity index is 2050. The van der Waals surface area contributed by atoms with Gasteiger partial charge in [-0.25, -0.2) is 35.9 Å². The second kappa shape index (κ2) is 11.7. The molecule has 1 aliphatic heterocycles. The lowest BCUT2D eigenvalue weighted by Gasteiger charge is -2.40. The van der Waals surface area contributed by atoms with Crippen molar-refractivity contribution in [1.29, 1.82) is 0 Å². The van der Waals surface area contributed by atoms with Crippen molar-refractivity contribution in [3.63, 3.8) is 0 Å². The van der Waals surface area contributed by atoms with Crippen molar-refractivity contribution in [2.24, 2.45) is 0 Å². The number of aryl methyl sites for hydroxylation is 1. The number of benzene rings is 1. The molecular weight excluding hydrogens is 609 g/mol. The Morgan fingerprint density at radius 3 is 2.44 bits per heavy atom. The first-order chi connectivity index (χ1) is 21.1. The molecule has 4 aromatic rings. The van der Waals surface area contributed by atoms with Gasteiger partial charge in [0.15, 0.2) is 27.1 Å². The van der Waals surface area contributed by atoms with E-state index in [0.29, 0.717) is 16.9 Å². The quantitative estimate of drug-likeness (QED) is 0.283. The molecule has 0 N–H and O–H groups in total. The van der Waals surface area contributed by atoms with Crippen LogP contribution >= 0.6 is 0 Å². The Labute approximate surface area is 257 Å². The lowest BCUT2D eigenvalue weighted by atomic mass is 10.0. The number of fused-ring (bicyclic) bond motifs is 1. The molecule has 45 heavy (non-hydrogen) atoms. The van der Waals surface area contributed by atoms with E-state index in [-0.39, 0.29) is 42.4 Å². The highest BCUT2D eigenvalue weighted by atomic mass is 32.2.